The Hall–Kier alpha value is -1.11. The lowest BCUT2D eigenvalue weighted by Gasteiger charge is -2.05. The van der Waals surface area contributed by atoms with Gasteiger partial charge in [-0.3, -0.25) is 0 Å². The van der Waals surface area contributed by atoms with Gasteiger partial charge >= 0.3 is 0 Å². The fraction of sp³-hybridized carbons (Fsp3) is 0.300. The molecule has 1 nitrogen and oxygen atoms in total. The lowest BCUT2D eigenvalue weighted by atomic mass is 10.2. The number of rotatable bonds is 0. The maximum absolute atomic E-state index is 2.35. The third kappa shape index (κ3) is 1.07. The van der Waals surface area contributed by atoms with Crippen molar-refractivity contribution in [3.8, 4) is 0 Å². The van der Waals surface area contributed by atoms with Gasteiger partial charge in [0.2, 0.25) is 5.69 Å². The van der Waals surface area contributed by atoms with Crippen molar-refractivity contribution in [1.82, 2.24) is 0 Å². The number of nitrogens with zero attached hydrogens (tertiary/aromatic N) is 1. The van der Waals surface area contributed by atoms with Crippen LogP contribution in [0.15, 0.2) is 24.3 Å². The van der Waals surface area contributed by atoms with Gasteiger partial charge in [-0.25, -0.2) is 0 Å². The summed E-state index contributed by atoms with van der Waals surface area (Å²) in [6.07, 6.45) is 5.59. The SMILES string of the molecule is Cc1cccc2[n+]1CCC=C2. The van der Waals surface area contributed by atoms with Crippen molar-refractivity contribution >= 4 is 6.08 Å². The maximum Gasteiger partial charge on any atom is 0.205 e. The number of aryl methyl sites for hydroxylation is 1. The monoisotopic (exact) mass is 146 g/mol. The lowest BCUT2D eigenvalue weighted by molar-refractivity contribution is -0.705. The first-order valence-corrected chi connectivity index (χ1v) is 4.04. The highest BCUT2D eigenvalue weighted by Gasteiger charge is 2.12. The first-order chi connectivity index (χ1) is 5.38. The normalized spacial score (nSPS) is 14.6. The summed E-state index contributed by atoms with van der Waals surface area (Å²) in [6, 6.07) is 6.42. The number of hydrogen-bond donors (Lipinski definition) is 0. The molecule has 1 aromatic rings. The van der Waals surface area contributed by atoms with E-state index >= 15 is 0 Å². The van der Waals surface area contributed by atoms with Crippen LogP contribution in [0.5, 0.6) is 0 Å². The summed E-state index contributed by atoms with van der Waals surface area (Å²) < 4.78 is 2.35. The van der Waals surface area contributed by atoms with E-state index in [2.05, 4.69) is 41.8 Å². The third-order valence-corrected chi connectivity index (χ3v) is 2.15. The second-order valence-corrected chi connectivity index (χ2v) is 2.93. The van der Waals surface area contributed by atoms with Crippen molar-refractivity contribution in [2.75, 3.05) is 0 Å². The second kappa shape index (κ2) is 2.50. The predicted octanol–water partition coefficient (Wildman–Crippen LogP) is 1.70. The molecule has 56 valence electrons. The van der Waals surface area contributed by atoms with Crippen LogP contribution in [-0.4, -0.2) is 0 Å². The second-order valence-electron chi connectivity index (χ2n) is 2.93. The number of allylic oxidation sites excluding steroid dienone is 1. The fourth-order valence-corrected chi connectivity index (χ4v) is 1.53. The van der Waals surface area contributed by atoms with Crippen molar-refractivity contribution in [3.05, 3.63) is 35.7 Å². The molecule has 0 fully saturated rings. The molecule has 0 N–H and O–H groups in total. The number of aromatic nitrogens is 1. The Kier molecular flexibility index (Phi) is 1.50. The Balaban J connectivity index is 2.60. The molecule has 1 heteroatoms. The molecule has 1 aromatic heterocycles. The van der Waals surface area contributed by atoms with E-state index in [-0.39, 0.29) is 0 Å². The smallest absolute Gasteiger partial charge is 0.196 e. The third-order valence-electron chi connectivity index (χ3n) is 2.15. The van der Waals surface area contributed by atoms with Crippen molar-refractivity contribution in [3.63, 3.8) is 0 Å². The van der Waals surface area contributed by atoms with E-state index in [1.807, 2.05) is 0 Å². The van der Waals surface area contributed by atoms with Gasteiger partial charge in [0, 0.05) is 31.6 Å². The Morgan fingerprint density at radius 3 is 3.09 bits per heavy atom. The van der Waals surface area contributed by atoms with Crippen LogP contribution >= 0.6 is 0 Å². The highest BCUT2D eigenvalue weighted by atomic mass is 15.0. The van der Waals surface area contributed by atoms with Crippen molar-refractivity contribution in [1.29, 1.82) is 0 Å². The predicted molar refractivity (Wildman–Crippen MR) is 45.0 cm³/mol. The van der Waals surface area contributed by atoms with Gasteiger partial charge in [-0.15, -0.1) is 0 Å². The molecule has 0 saturated heterocycles. The number of pyridine rings is 1. The minimum absolute atomic E-state index is 1.14. The zero-order chi connectivity index (χ0) is 7.68. The standard InChI is InChI=1S/C10H12N/c1-9-5-4-7-10-6-2-3-8-11(9)10/h2,4-7H,3,8H2,1H3/q+1. The Morgan fingerprint density at radius 2 is 2.27 bits per heavy atom. The molecule has 1 aliphatic heterocycles. The number of fused-ring (bicyclic) bond motifs is 1. The topological polar surface area (TPSA) is 3.88 Å². The van der Waals surface area contributed by atoms with E-state index in [1.54, 1.807) is 0 Å². The molecule has 0 amide bonds. The van der Waals surface area contributed by atoms with E-state index < -0.39 is 0 Å². The van der Waals surface area contributed by atoms with Gasteiger partial charge in [0.25, 0.3) is 0 Å². The van der Waals surface area contributed by atoms with Crippen LogP contribution < -0.4 is 4.57 Å². The van der Waals surface area contributed by atoms with Crippen LogP contribution in [-0.2, 0) is 6.54 Å². The van der Waals surface area contributed by atoms with Crippen LogP contribution in [0.2, 0.25) is 0 Å². The van der Waals surface area contributed by atoms with Gasteiger partial charge in [0.05, 0.1) is 0 Å². The zero-order valence-corrected chi connectivity index (χ0v) is 6.75. The van der Waals surface area contributed by atoms with E-state index in [1.165, 1.54) is 17.8 Å². The highest BCUT2D eigenvalue weighted by molar-refractivity contribution is 5.41. The van der Waals surface area contributed by atoms with Gasteiger partial charge in [0.1, 0.15) is 0 Å². The maximum atomic E-state index is 2.35. The van der Waals surface area contributed by atoms with Crippen LogP contribution in [0.25, 0.3) is 6.08 Å². The van der Waals surface area contributed by atoms with E-state index in [0.29, 0.717) is 0 Å². The summed E-state index contributed by atoms with van der Waals surface area (Å²) in [5, 5.41) is 0. The molecule has 0 aliphatic carbocycles. The minimum Gasteiger partial charge on any atom is -0.196 e. The summed E-state index contributed by atoms with van der Waals surface area (Å²) >= 11 is 0. The van der Waals surface area contributed by atoms with Crippen molar-refractivity contribution in [2.24, 2.45) is 0 Å². The first kappa shape index (κ1) is 6.59. The zero-order valence-electron chi connectivity index (χ0n) is 6.75. The quantitative estimate of drug-likeness (QED) is 0.490. The molecule has 0 bridgehead atoms. The van der Waals surface area contributed by atoms with Crippen LogP contribution in [0.4, 0.5) is 0 Å². The molecule has 0 aromatic carbocycles. The Morgan fingerprint density at radius 1 is 1.36 bits per heavy atom. The van der Waals surface area contributed by atoms with Gasteiger partial charge in [-0.2, -0.15) is 4.57 Å². The molecule has 0 unspecified atom stereocenters. The summed E-state index contributed by atoms with van der Waals surface area (Å²) in [5.74, 6) is 0. The average Bonchev–Trinajstić information content (AvgIpc) is 2.06. The van der Waals surface area contributed by atoms with Gasteiger partial charge < -0.3 is 0 Å². The van der Waals surface area contributed by atoms with E-state index in [0.717, 1.165) is 6.54 Å². The molecule has 1 aliphatic rings. The van der Waals surface area contributed by atoms with E-state index in [9.17, 15) is 0 Å². The molecule has 2 heterocycles. The largest absolute Gasteiger partial charge is 0.205 e. The molecule has 0 atom stereocenters. The van der Waals surface area contributed by atoms with E-state index in [4.69, 9.17) is 0 Å². The molecule has 11 heavy (non-hydrogen) atoms. The van der Waals surface area contributed by atoms with Crippen LogP contribution in [0.3, 0.4) is 0 Å². The summed E-state index contributed by atoms with van der Waals surface area (Å²) in [7, 11) is 0. The average molecular weight is 146 g/mol. The first-order valence-electron chi connectivity index (χ1n) is 4.04. The molecular weight excluding hydrogens is 134 g/mol. The molecule has 0 radical (unpaired) electrons. The van der Waals surface area contributed by atoms with Gasteiger partial charge in [0.15, 0.2) is 12.2 Å². The van der Waals surface area contributed by atoms with Gasteiger partial charge in [-0.05, 0) is 6.07 Å². The lowest BCUT2D eigenvalue weighted by Crippen LogP contribution is -2.41. The van der Waals surface area contributed by atoms with Crippen molar-refractivity contribution in [2.45, 2.75) is 19.9 Å². The van der Waals surface area contributed by atoms with Gasteiger partial charge in [-0.1, -0.05) is 6.08 Å². The molecule has 0 spiro atoms. The summed E-state index contributed by atoms with van der Waals surface area (Å²) in [4.78, 5) is 0. The van der Waals surface area contributed by atoms with Crippen molar-refractivity contribution < 1.29 is 4.57 Å². The summed E-state index contributed by atoms with van der Waals surface area (Å²) in [5.41, 5.74) is 2.68. The summed E-state index contributed by atoms with van der Waals surface area (Å²) in [6.45, 7) is 3.29. The Bertz CT molecular complexity index is 300. The molecule has 0 saturated carbocycles. The van der Waals surface area contributed by atoms with Crippen LogP contribution in [0.1, 0.15) is 17.8 Å². The Labute approximate surface area is 67.0 Å². The highest BCUT2D eigenvalue weighted by Crippen LogP contribution is 2.04. The number of hydrogen-bond acceptors (Lipinski definition) is 0. The van der Waals surface area contributed by atoms with Crippen LogP contribution in [0, 0.1) is 6.92 Å². The molecular formula is C10H12N+. The molecule has 2 rings (SSSR count). The minimum atomic E-state index is 1.14. The fourth-order valence-electron chi connectivity index (χ4n) is 1.53.